The first-order valence-corrected chi connectivity index (χ1v) is 7.17. The molecule has 18 heavy (non-hydrogen) atoms. The van der Waals surface area contributed by atoms with Crippen LogP contribution in [0.1, 0.15) is 40.0 Å². The molecule has 0 aromatic rings. The van der Waals surface area contributed by atoms with Crippen molar-refractivity contribution in [3.8, 4) is 0 Å². The molecule has 4 heteroatoms. The third kappa shape index (κ3) is 3.69. The topological polar surface area (TPSA) is 32.8 Å². The molecule has 1 heterocycles. The lowest BCUT2D eigenvalue weighted by Crippen LogP contribution is -2.59. The molecule has 1 aliphatic rings. The van der Waals surface area contributed by atoms with Gasteiger partial charge in [-0.25, -0.2) is 0 Å². The van der Waals surface area contributed by atoms with E-state index in [9.17, 15) is 4.79 Å². The van der Waals surface area contributed by atoms with Crippen LogP contribution in [0.3, 0.4) is 0 Å². The summed E-state index contributed by atoms with van der Waals surface area (Å²) in [4.78, 5) is 16.7. The maximum Gasteiger partial charge on any atom is 0.307 e. The Hall–Kier alpha value is -0.610. The number of piperidine rings is 1. The number of likely N-dealkylation sites (N-methyl/N-ethyl adjacent to an activating group) is 2. The lowest BCUT2D eigenvalue weighted by atomic mass is 9.84. The zero-order valence-electron chi connectivity index (χ0n) is 12.4. The molecule has 0 spiro atoms. The van der Waals surface area contributed by atoms with Crippen molar-refractivity contribution in [1.29, 1.82) is 0 Å². The van der Waals surface area contributed by atoms with E-state index in [1.807, 2.05) is 6.92 Å². The minimum absolute atomic E-state index is 0.0250. The maximum absolute atomic E-state index is 11.9. The highest BCUT2D eigenvalue weighted by molar-refractivity contribution is 5.71. The molecule has 1 aliphatic heterocycles. The molecule has 0 saturated carbocycles. The van der Waals surface area contributed by atoms with E-state index in [2.05, 4.69) is 30.7 Å². The van der Waals surface area contributed by atoms with Gasteiger partial charge >= 0.3 is 5.97 Å². The monoisotopic (exact) mass is 256 g/mol. The maximum atomic E-state index is 11.9. The van der Waals surface area contributed by atoms with Crippen LogP contribution < -0.4 is 0 Å². The zero-order valence-corrected chi connectivity index (χ0v) is 12.4. The fraction of sp³-hybridized carbons (Fsp3) is 0.929. The molecule has 0 amide bonds. The molecule has 4 nitrogen and oxygen atoms in total. The molecule has 0 radical (unpaired) electrons. The Morgan fingerprint density at radius 3 is 2.50 bits per heavy atom. The van der Waals surface area contributed by atoms with E-state index in [1.54, 1.807) is 0 Å². The van der Waals surface area contributed by atoms with E-state index >= 15 is 0 Å². The lowest BCUT2D eigenvalue weighted by molar-refractivity contribution is -0.148. The van der Waals surface area contributed by atoms with Crippen LogP contribution in [0.25, 0.3) is 0 Å². The molecular weight excluding hydrogens is 228 g/mol. The van der Waals surface area contributed by atoms with Gasteiger partial charge < -0.3 is 9.64 Å². The number of ether oxygens (including phenoxy) is 1. The SMILES string of the molecule is CCOC(=O)CC1(N(CC)CC)CCCN(C)C1. The quantitative estimate of drug-likeness (QED) is 0.678. The van der Waals surface area contributed by atoms with Crippen molar-refractivity contribution in [3.05, 3.63) is 0 Å². The van der Waals surface area contributed by atoms with Crippen LogP contribution >= 0.6 is 0 Å². The molecule has 0 aromatic carbocycles. The molecule has 1 saturated heterocycles. The Bertz CT molecular complexity index is 267. The summed E-state index contributed by atoms with van der Waals surface area (Å²) in [6.07, 6.45) is 2.77. The highest BCUT2D eigenvalue weighted by atomic mass is 16.5. The van der Waals surface area contributed by atoms with Crippen molar-refractivity contribution in [1.82, 2.24) is 9.80 Å². The Kier molecular flexibility index (Phi) is 6.09. The van der Waals surface area contributed by atoms with Gasteiger partial charge in [0.25, 0.3) is 0 Å². The normalized spacial score (nSPS) is 25.4. The van der Waals surface area contributed by atoms with Crippen LogP contribution in [-0.4, -0.2) is 61.1 Å². The smallest absolute Gasteiger partial charge is 0.307 e. The van der Waals surface area contributed by atoms with Gasteiger partial charge in [0.2, 0.25) is 0 Å². The van der Waals surface area contributed by atoms with Gasteiger partial charge in [0.05, 0.1) is 13.0 Å². The van der Waals surface area contributed by atoms with Gasteiger partial charge in [-0.05, 0) is 46.4 Å². The van der Waals surface area contributed by atoms with E-state index in [0.29, 0.717) is 13.0 Å². The zero-order chi connectivity index (χ0) is 13.6. The minimum Gasteiger partial charge on any atom is -0.466 e. The molecule has 1 rings (SSSR count). The van der Waals surface area contributed by atoms with E-state index in [4.69, 9.17) is 4.74 Å². The third-order valence-corrected chi connectivity index (χ3v) is 3.96. The second kappa shape index (κ2) is 7.10. The third-order valence-electron chi connectivity index (χ3n) is 3.96. The average Bonchev–Trinajstić information content (AvgIpc) is 2.30. The van der Waals surface area contributed by atoms with Gasteiger partial charge in [-0.3, -0.25) is 9.69 Å². The fourth-order valence-corrected chi connectivity index (χ4v) is 3.23. The number of carbonyl (C=O) groups is 1. The standard InChI is InChI=1S/C14H28N2O2/c1-5-16(6-2)14(11-13(17)18-7-3)9-8-10-15(4)12-14/h5-12H2,1-4H3. The molecule has 1 atom stereocenters. The van der Waals surface area contributed by atoms with Crippen molar-refractivity contribution in [2.75, 3.05) is 39.8 Å². The average molecular weight is 256 g/mol. The molecule has 1 fully saturated rings. The number of hydrogen-bond acceptors (Lipinski definition) is 4. The van der Waals surface area contributed by atoms with Crippen LogP contribution in [0.4, 0.5) is 0 Å². The Morgan fingerprint density at radius 1 is 1.33 bits per heavy atom. The van der Waals surface area contributed by atoms with Crippen LogP contribution in [0.5, 0.6) is 0 Å². The molecule has 0 N–H and O–H groups in total. The second-order valence-electron chi connectivity index (χ2n) is 5.22. The minimum atomic E-state index is -0.0558. The van der Waals surface area contributed by atoms with Crippen molar-refractivity contribution < 1.29 is 9.53 Å². The lowest BCUT2D eigenvalue weighted by Gasteiger charge is -2.48. The molecule has 0 aliphatic carbocycles. The Labute approximate surface area is 111 Å². The number of rotatable bonds is 6. The van der Waals surface area contributed by atoms with E-state index in [1.165, 1.54) is 0 Å². The number of carbonyl (C=O) groups excluding carboxylic acids is 1. The van der Waals surface area contributed by atoms with Crippen LogP contribution in [0, 0.1) is 0 Å². The van der Waals surface area contributed by atoms with Crippen LogP contribution in [0.15, 0.2) is 0 Å². The summed E-state index contributed by atoms with van der Waals surface area (Å²) in [7, 11) is 2.14. The van der Waals surface area contributed by atoms with Gasteiger partial charge in [0.1, 0.15) is 0 Å². The molecule has 0 bridgehead atoms. The Morgan fingerprint density at radius 2 is 2.00 bits per heavy atom. The van der Waals surface area contributed by atoms with E-state index in [-0.39, 0.29) is 11.5 Å². The van der Waals surface area contributed by atoms with E-state index < -0.39 is 0 Å². The second-order valence-corrected chi connectivity index (χ2v) is 5.22. The van der Waals surface area contributed by atoms with Crippen LogP contribution in [-0.2, 0) is 9.53 Å². The number of likely N-dealkylation sites (tertiary alicyclic amines) is 1. The first kappa shape index (κ1) is 15.4. The van der Waals surface area contributed by atoms with Crippen molar-refractivity contribution in [2.45, 2.75) is 45.6 Å². The Balaban J connectivity index is 2.82. The van der Waals surface area contributed by atoms with Crippen molar-refractivity contribution in [2.24, 2.45) is 0 Å². The number of esters is 1. The highest BCUT2D eigenvalue weighted by Crippen LogP contribution is 2.30. The molecular formula is C14H28N2O2. The van der Waals surface area contributed by atoms with Gasteiger partial charge in [-0.15, -0.1) is 0 Å². The summed E-state index contributed by atoms with van der Waals surface area (Å²) in [6, 6.07) is 0. The van der Waals surface area contributed by atoms with Crippen LogP contribution in [0.2, 0.25) is 0 Å². The molecule has 1 unspecified atom stereocenters. The summed E-state index contributed by atoms with van der Waals surface area (Å²) < 4.78 is 5.16. The summed E-state index contributed by atoms with van der Waals surface area (Å²) in [6.45, 7) is 10.8. The van der Waals surface area contributed by atoms with Gasteiger partial charge in [0.15, 0.2) is 0 Å². The van der Waals surface area contributed by atoms with Gasteiger partial charge in [0, 0.05) is 12.1 Å². The first-order chi connectivity index (χ1) is 8.57. The summed E-state index contributed by atoms with van der Waals surface area (Å²) >= 11 is 0. The number of hydrogen-bond donors (Lipinski definition) is 0. The highest BCUT2D eigenvalue weighted by Gasteiger charge is 2.40. The van der Waals surface area contributed by atoms with E-state index in [0.717, 1.165) is 39.0 Å². The van der Waals surface area contributed by atoms with Gasteiger partial charge in [-0.2, -0.15) is 0 Å². The van der Waals surface area contributed by atoms with Gasteiger partial charge in [-0.1, -0.05) is 13.8 Å². The summed E-state index contributed by atoms with van der Waals surface area (Å²) in [5, 5.41) is 0. The van der Waals surface area contributed by atoms with Crippen molar-refractivity contribution >= 4 is 5.97 Å². The summed E-state index contributed by atoms with van der Waals surface area (Å²) in [5.41, 5.74) is -0.0250. The molecule has 106 valence electrons. The summed E-state index contributed by atoms with van der Waals surface area (Å²) in [5.74, 6) is -0.0558. The predicted octanol–water partition coefficient (Wildman–Crippen LogP) is 1.75. The van der Waals surface area contributed by atoms with Crippen molar-refractivity contribution in [3.63, 3.8) is 0 Å². The molecule has 0 aromatic heterocycles. The number of nitrogens with zero attached hydrogens (tertiary/aromatic N) is 2. The predicted molar refractivity (Wildman–Crippen MR) is 73.6 cm³/mol. The first-order valence-electron chi connectivity index (χ1n) is 7.17. The largest absolute Gasteiger partial charge is 0.466 e. The fourth-order valence-electron chi connectivity index (χ4n) is 3.23.